The van der Waals surface area contributed by atoms with Crippen LogP contribution >= 0.6 is 22.9 Å². The molecule has 0 N–H and O–H groups in total. The summed E-state index contributed by atoms with van der Waals surface area (Å²) in [6, 6.07) is 14.0. The molecule has 1 heterocycles. The first-order valence-corrected chi connectivity index (χ1v) is 7.86. The molecule has 0 aliphatic heterocycles. The highest BCUT2D eigenvalue weighted by Gasteiger charge is 2.52. The van der Waals surface area contributed by atoms with Gasteiger partial charge in [0.15, 0.2) is 0 Å². The van der Waals surface area contributed by atoms with Gasteiger partial charge in [-0.25, -0.2) is 0 Å². The normalized spacial score (nSPS) is 15.9. The Morgan fingerprint density at radius 3 is 2.50 bits per heavy atom. The van der Waals surface area contributed by atoms with E-state index in [1.54, 1.807) is 0 Å². The van der Waals surface area contributed by atoms with Crippen LogP contribution in [0.5, 0.6) is 0 Å². The molecule has 0 unspecified atom stereocenters. The molecule has 2 nitrogen and oxygen atoms in total. The first kappa shape index (κ1) is 13.7. The van der Waals surface area contributed by atoms with Crippen LogP contribution in [0.2, 0.25) is 4.34 Å². The van der Waals surface area contributed by atoms with Crippen molar-refractivity contribution in [3.05, 3.63) is 57.2 Å². The molecule has 1 aromatic heterocycles. The number of likely N-dealkylation sites (N-methyl/N-ethyl adjacent to an activating group) is 1. The van der Waals surface area contributed by atoms with Crippen LogP contribution in [0, 0.1) is 0 Å². The van der Waals surface area contributed by atoms with Crippen molar-refractivity contribution in [3.8, 4) is 0 Å². The molecule has 1 saturated carbocycles. The summed E-state index contributed by atoms with van der Waals surface area (Å²) in [5.41, 5.74) is 0.859. The van der Waals surface area contributed by atoms with Gasteiger partial charge < -0.3 is 4.90 Å². The second-order valence-corrected chi connectivity index (χ2v) is 7.11. The minimum Gasteiger partial charge on any atom is -0.340 e. The monoisotopic (exact) mass is 305 g/mol. The Labute approximate surface area is 128 Å². The van der Waals surface area contributed by atoms with E-state index in [1.807, 2.05) is 42.3 Å². The zero-order chi connectivity index (χ0) is 14.2. The molecular formula is C16H16ClNOS. The smallest absolute Gasteiger partial charge is 0.233 e. The van der Waals surface area contributed by atoms with Crippen molar-refractivity contribution >= 4 is 28.8 Å². The van der Waals surface area contributed by atoms with Crippen LogP contribution in [-0.2, 0) is 16.8 Å². The lowest BCUT2D eigenvalue weighted by Crippen LogP contribution is -2.35. The first-order valence-electron chi connectivity index (χ1n) is 6.67. The molecule has 1 aliphatic carbocycles. The SMILES string of the molecule is CN(Cc1ccc(Cl)s1)C(=O)C1(c2ccccc2)CC1. The molecule has 1 amide bonds. The molecular weight excluding hydrogens is 290 g/mol. The number of benzene rings is 1. The van der Waals surface area contributed by atoms with Crippen molar-refractivity contribution in [1.29, 1.82) is 0 Å². The van der Waals surface area contributed by atoms with Gasteiger partial charge in [0, 0.05) is 11.9 Å². The fourth-order valence-corrected chi connectivity index (χ4v) is 3.76. The van der Waals surface area contributed by atoms with Crippen molar-refractivity contribution in [2.45, 2.75) is 24.8 Å². The van der Waals surface area contributed by atoms with E-state index in [4.69, 9.17) is 11.6 Å². The zero-order valence-electron chi connectivity index (χ0n) is 11.3. The number of thiophene rings is 1. The number of carbonyl (C=O) groups excluding carboxylic acids is 1. The Kier molecular flexibility index (Phi) is 3.57. The Bertz CT molecular complexity index is 618. The molecule has 104 valence electrons. The average Bonchev–Trinajstić information content (AvgIpc) is 3.18. The first-order chi connectivity index (χ1) is 9.62. The lowest BCUT2D eigenvalue weighted by atomic mass is 9.94. The Balaban J connectivity index is 1.75. The predicted molar refractivity (Wildman–Crippen MR) is 83.2 cm³/mol. The zero-order valence-corrected chi connectivity index (χ0v) is 12.9. The van der Waals surface area contributed by atoms with Gasteiger partial charge in [0.1, 0.15) is 0 Å². The molecule has 1 aliphatic rings. The second kappa shape index (κ2) is 5.23. The van der Waals surface area contributed by atoms with Crippen molar-refractivity contribution in [3.63, 3.8) is 0 Å². The van der Waals surface area contributed by atoms with Gasteiger partial charge in [-0.3, -0.25) is 4.79 Å². The number of carbonyl (C=O) groups is 1. The maximum Gasteiger partial charge on any atom is 0.233 e. The van der Waals surface area contributed by atoms with Crippen LogP contribution in [0.3, 0.4) is 0 Å². The van der Waals surface area contributed by atoms with Crippen molar-refractivity contribution in [1.82, 2.24) is 4.90 Å². The summed E-state index contributed by atoms with van der Waals surface area (Å²) in [6.07, 6.45) is 1.90. The maximum absolute atomic E-state index is 12.7. The highest BCUT2D eigenvalue weighted by Crippen LogP contribution is 2.49. The molecule has 20 heavy (non-hydrogen) atoms. The third-order valence-corrected chi connectivity index (χ3v) is 5.07. The third-order valence-electron chi connectivity index (χ3n) is 3.85. The minimum absolute atomic E-state index is 0.216. The molecule has 4 heteroatoms. The predicted octanol–water partition coefficient (Wildman–Crippen LogP) is 4.09. The van der Waals surface area contributed by atoms with Gasteiger partial charge in [-0.05, 0) is 30.5 Å². The number of hydrogen-bond donors (Lipinski definition) is 0. The van der Waals surface area contributed by atoms with Gasteiger partial charge in [0.05, 0.1) is 16.3 Å². The molecule has 3 rings (SSSR count). The van der Waals surface area contributed by atoms with Gasteiger partial charge in [-0.15, -0.1) is 11.3 Å². The number of halogens is 1. The Morgan fingerprint density at radius 2 is 1.95 bits per heavy atom. The van der Waals surface area contributed by atoms with Crippen LogP contribution in [0.1, 0.15) is 23.3 Å². The summed E-state index contributed by atoms with van der Waals surface area (Å²) < 4.78 is 0.769. The summed E-state index contributed by atoms with van der Waals surface area (Å²) in [7, 11) is 1.87. The molecule has 0 saturated heterocycles. The number of amides is 1. The molecule has 0 radical (unpaired) electrons. The summed E-state index contributed by atoms with van der Waals surface area (Å²) in [6.45, 7) is 0.630. The second-order valence-electron chi connectivity index (χ2n) is 5.32. The number of hydrogen-bond acceptors (Lipinski definition) is 2. The van der Waals surface area contributed by atoms with E-state index in [2.05, 4.69) is 12.1 Å². The highest BCUT2D eigenvalue weighted by atomic mass is 35.5. The van der Waals surface area contributed by atoms with Gasteiger partial charge in [-0.2, -0.15) is 0 Å². The fraction of sp³-hybridized carbons (Fsp3) is 0.312. The van der Waals surface area contributed by atoms with E-state index in [1.165, 1.54) is 11.3 Å². The van der Waals surface area contributed by atoms with E-state index in [0.29, 0.717) is 6.54 Å². The molecule has 2 aromatic rings. The fourth-order valence-electron chi connectivity index (χ4n) is 2.62. The Hall–Kier alpha value is -1.32. The lowest BCUT2D eigenvalue weighted by molar-refractivity contribution is -0.133. The molecule has 0 bridgehead atoms. The van der Waals surface area contributed by atoms with Crippen LogP contribution in [0.4, 0.5) is 0 Å². The summed E-state index contributed by atoms with van der Waals surface area (Å²) in [5, 5.41) is 0. The van der Waals surface area contributed by atoms with Crippen molar-refractivity contribution in [2.24, 2.45) is 0 Å². The number of rotatable bonds is 4. The van der Waals surface area contributed by atoms with E-state index < -0.39 is 0 Å². The molecule has 0 atom stereocenters. The quantitative estimate of drug-likeness (QED) is 0.833. The van der Waals surface area contributed by atoms with Gasteiger partial charge in [0.2, 0.25) is 5.91 Å². The van der Waals surface area contributed by atoms with Crippen molar-refractivity contribution < 1.29 is 4.79 Å². The number of nitrogens with zero attached hydrogens (tertiary/aromatic N) is 1. The summed E-state index contributed by atoms with van der Waals surface area (Å²) >= 11 is 7.47. The van der Waals surface area contributed by atoms with Gasteiger partial charge >= 0.3 is 0 Å². The summed E-state index contributed by atoms with van der Waals surface area (Å²) in [4.78, 5) is 15.7. The van der Waals surface area contributed by atoms with Crippen LogP contribution < -0.4 is 0 Å². The van der Waals surface area contributed by atoms with E-state index in [-0.39, 0.29) is 11.3 Å². The standard InChI is InChI=1S/C16H16ClNOS/c1-18(11-13-7-8-14(17)20-13)15(19)16(9-10-16)12-5-3-2-4-6-12/h2-8H,9-11H2,1H3. The largest absolute Gasteiger partial charge is 0.340 e. The topological polar surface area (TPSA) is 20.3 Å². The summed E-state index contributed by atoms with van der Waals surface area (Å²) in [5.74, 6) is 0.216. The van der Waals surface area contributed by atoms with Crippen LogP contribution in [0.15, 0.2) is 42.5 Å². The Morgan fingerprint density at radius 1 is 1.25 bits per heavy atom. The van der Waals surface area contributed by atoms with Gasteiger partial charge in [0.25, 0.3) is 0 Å². The van der Waals surface area contributed by atoms with E-state index in [9.17, 15) is 4.79 Å². The highest BCUT2D eigenvalue weighted by molar-refractivity contribution is 7.16. The van der Waals surface area contributed by atoms with Crippen LogP contribution in [-0.4, -0.2) is 17.9 Å². The maximum atomic E-state index is 12.7. The minimum atomic E-state index is -0.281. The third kappa shape index (κ3) is 2.48. The van der Waals surface area contributed by atoms with E-state index in [0.717, 1.165) is 27.6 Å². The molecule has 0 spiro atoms. The van der Waals surface area contributed by atoms with E-state index >= 15 is 0 Å². The van der Waals surface area contributed by atoms with Gasteiger partial charge in [-0.1, -0.05) is 41.9 Å². The van der Waals surface area contributed by atoms with Crippen molar-refractivity contribution in [2.75, 3.05) is 7.05 Å². The average molecular weight is 306 g/mol. The molecule has 1 aromatic carbocycles. The van der Waals surface area contributed by atoms with Crippen LogP contribution in [0.25, 0.3) is 0 Å². The lowest BCUT2D eigenvalue weighted by Gasteiger charge is -2.23. The molecule has 1 fully saturated rings.